The molecule has 2 atom stereocenters. The van der Waals surface area contributed by atoms with Gasteiger partial charge in [-0.25, -0.2) is 4.39 Å². The van der Waals surface area contributed by atoms with Crippen LogP contribution >= 0.6 is 0 Å². The van der Waals surface area contributed by atoms with Crippen LogP contribution in [0.5, 0.6) is 0 Å². The molecule has 88 valence electrons. The molecule has 4 heteroatoms. The van der Waals surface area contributed by atoms with Gasteiger partial charge in [-0.05, 0) is 25.5 Å². The first-order valence-electron chi connectivity index (χ1n) is 5.58. The normalized spacial score (nSPS) is 24.6. The lowest BCUT2D eigenvalue weighted by Crippen LogP contribution is -2.21. The molecule has 1 saturated heterocycles. The van der Waals surface area contributed by atoms with Crippen molar-refractivity contribution in [1.82, 2.24) is 0 Å². The number of nitrogens with two attached hydrogens (primary N) is 1. The minimum atomic E-state index is -0.374. The summed E-state index contributed by atoms with van der Waals surface area (Å²) in [7, 11) is 0. The summed E-state index contributed by atoms with van der Waals surface area (Å²) < 4.78 is 18.6. The Hall–Kier alpha value is -1.29. The first-order valence-corrected chi connectivity index (χ1v) is 5.58. The quantitative estimate of drug-likeness (QED) is 0.774. The summed E-state index contributed by atoms with van der Waals surface area (Å²) in [5.41, 5.74) is 6.49. The zero-order valence-corrected chi connectivity index (χ0v) is 9.37. The molecular weight excluding hydrogens is 207 g/mol. The van der Waals surface area contributed by atoms with Crippen LogP contribution in [0.2, 0.25) is 0 Å². The van der Waals surface area contributed by atoms with E-state index in [0.717, 1.165) is 19.6 Å². The van der Waals surface area contributed by atoms with Crippen molar-refractivity contribution in [1.29, 1.82) is 0 Å². The van der Waals surface area contributed by atoms with Crippen LogP contribution < -0.4 is 11.1 Å². The van der Waals surface area contributed by atoms with E-state index in [9.17, 15) is 4.39 Å². The second kappa shape index (κ2) is 4.70. The second-order valence-electron chi connectivity index (χ2n) is 4.21. The molecule has 1 fully saturated rings. The molecule has 1 aromatic rings. The predicted molar refractivity (Wildman–Crippen MR) is 62.8 cm³/mol. The Morgan fingerprint density at radius 1 is 1.56 bits per heavy atom. The molecule has 0 aliphatic carbocycles. The van der Waals surface area contributed by atoms with Gasteiger partial charge in [0, 0.05) is 19.1 Å². The van der Waals surface area contributed by atoms with Crippen molar-refractivity contribution in [2.45, 2.75) is 19.4 Å². The van der Waals surface area contributed by atoms with E-state index in [2.05, 4.69) is 12.2 Å². The molecule has 0 bridgehead atoms. The molecule has 0 spiro atoms. The topological polar surface area (TPSA) is 47.3 Å². The van der Waals surface area contributed by atoms with E-state index >= 15 is 0 Å². The maximum Gasteiger partial charge on any atom is 0.148 e. The van der Waals surface area contributed by atoms with Gasteiger partial charge in [-0.15, -0.1) is 0 Å². The molecule has 16 heavy (non-hydrogen) atoms. The van der Waals surface area contributed by atoms with E-state index in [1.54, 1.807) is 12.1 Å². The van der Waals surface area contributed by atoms with Crippen molar-refractivity contribution in [3.05, 3.63) is 24.0 Å². The highest BCUT2D eigenvalue weighted by molar-refractivity contribution is 5.66. The number of hydrogen-bond acceptors (Lipinski definition) is 3. The summed E-state index contributed by atoms with van der Waals surface area (Å²) in [6.07, 6.45) is 1.31. The van der Waals surface area contributed by atoms with Gasteiger partial charge >= 0.3 is 0 Å². The molecule has 0 amide bonds. The summed E-state index contributed by atoms with van der Waals surface area (Å²) in [6.45, 7) is 3.65. The van der Waals surface area contributed by atoms with E-state index < -0.39 is 0 Å². The largest absolute Gasteiger partial charge is 0.395 e. The number of nitrogens with one attached hydrogen (secondary N) is 1. The van der Waals surface area contributed by atoms with Crippen molar-refractivity contribution in [3.8, 4) is 0 Å². The Morgan fingerprint density at radius 2 is 2.38 bits per heavy atom. The highest BCUT2D eigenvalue weighted by Crippen LogP contribution is 2.24. The molecule has 3 nitrogen and oxygen atoms in total. The predicted octanol–water partition coefficient (Wildman–Crippen LogP) is 2.24. The SMILES string of the molecule is CC1OCCC1CNc1cccc(F)c1N. The van der Waals surface area contributed by atoms with Crippen molar-refractivity contribution in [2.75, 3.05) is 24.2 Å². The molecule has 1 aromatic carbocycles. The highest BCUT2D eigenvalue weighted by atomic mass is 19.1. The maximum atomic E-state index is 13.2. The number of ether oxygens (including phenoxy) is 1. The minimum Gasteiger partial charge on any atom is -0.395 e. The maximum absolute atomic E-state index is 13.2. The third kappa shape index (κ3) is 2.27. The molecule has 0 saturated carbocycles. The summed E-state index contributed by atoms with van der Waals surface area (Å²) in [6, 6.07) is 4.81. The number of nitrogen functional groups attached to an aromatic ring is 1. The Morgan fingerprint density at radius 3 is 3.06 bits per heavy atom. The number of rotatable bonds is 3. The Kier molecular flexibility index (Phi) is 3.29. The molecule has 2 unspecified atom stereocenters. The summed E-state index contributed by atoms with van der Waals surface area (Å²) in [5, 5.41) is 3.18. The Balaban J connectivity index is 1.96. The molecule has 0 aromatic heterocycles. The Bertz CT molecular complexity index is 370. The van der Waals surface area contributed by atoms with Crippen LogP contribution in [0.15, 0.2) is 18.2 Å². The van der Waals surface area contributed by atoms with E-state index in [4.69, 9.17) is 10.5 Å². The summed E-state index contributed by atoms with van der Waals surface area (Å²) >= 11 is 0. The van der Waals surface area contributed by atoms with Crippen molar-refractivity contribution < 1.29 is 9.13 Å². The van der Waals surface area contributed by atoms with Gasteiger partial charge in [0.05, 0.1) is 17.5 Å². The first kappa shape index (κ1) is 11.2. The molecule has 2 rings (SSSR count). The third-order valence-electron chi connectivity index (χ3n) is 3.14. The molecule has 1 aliphatic rings. The van der Waals surface area contributed by atoms with Gasteiger partial charge in [0.1, 0.15) is 5.82 Å². The third-order valence-corrected chi connectivity index (χ3v) is 3.14. The molecule has 0 radical (unpaired) electrons. The highest BCUT2D eigenvalue weighted by Gasteiger charge is 2.23. The monoisotopic (exact) mass is 224 g/mol. The zero-order chi connectivity index (χ0) is 11.5. The summed E-state index contributed by atoms with van der Waals surface area (Å²) in [4.78, 5) is 0. The fourth-order valence-corrected chi connectivity index (χ4v) is 1.98. The van der Waals surface area contributed by atoms with E-state index in [1.807, 2.05) is 0 Å². The first-order chi connectivity index (χ1) is 7.68. The Labute approximate surface area is 94.8 Å². The molecular formula is C12H17FN2O. The van der Waals surface area contributed by atoms with Gasteiger partial charge < -0.3 is 15.8 Å². The molecule has 3 N–H and O–H groups in total. The van der Waals surface area contributed by atoms with Crippen LogP contribution in [-0.2, 0) is 4.74 Å². The van der Waals surface area contributed by atoms with Crippen molar-refractivity contribution in [3.63, 3.8) is 0 Å². The zero-order valence-electron chi connectivity index (χ0n) is 9.37. The van der Waals surface area contributed by atoms with Crippen LogP contribution in [0.3, 0.4) is 0 Å². The lowest BCUT2D eigenvalue weighted by molar-refractivity contribution is 0.108. The molecule has 1 heterocycles. The van der Waals surface area contributed by atoms with Crippen molar-refractivity contribution in [2.24, 2.45) is 5.92 Å². The fraction of sp³-hybridized carbons (Fsp3) is 0.500. The van der Waals surface area contributed by atoms with Crippen LogP contribution in [0, 0.1) is 11.7 Å². The van der Waals surface area contributed by atoms with Crippen LogP contribution in [0.4, 0.5) is 15.8 Å². The average molecular weight is 224 g/mol. The lowest BCUT2D eigenvalue weighted by atomic mass is 10.0. The van der Waals surface area contributed by atoms with E-state index in [0.29, 0.717) is 11.6 Å². The van der Waals surface area contributed by atoms with Crippen LogP contribution in [0.25, 0.3) is 0 Å². The number of halogens is 1. The van der Waals surface area contributed by atoms with Gasteiger partial charge in [0.15, 0.2) is 0 Å². The number of para-hydroxylation sites is 1. The van der Waals surface area contributed by atoms with E-state index in [-0.39, 0.29) is 17.6 Å². The second-order valence-corrected chi connectivity index (χ2v) is 4.21. The van der Waals surface area contributed by atoms with Gasteiger partial charge in [0.25, 0.3) is 0 Å². The minimum absolute atomic E-state index is 0.189. The number of benzene rings is 1. The number of hydrogen-bond donors (Lipinski definition) is 2. The standard InChI is InChI=1S/C12H17FN2O/c1-8-9(5-6-16-8)7-15-11-4-2-3-10(13)12(11)14/h2-4,8-9,15H,5-7,14H2,1H3. The van der Waals surface area contributed by atoms with Crippen LogP contribution in [-0.4, -0.2) is 19.3 Å². The van der Waals surface area contributed by atoms with Crippen LogP contribution in [0.1, 0.15) is 13.3 Å². The van der Waals surface area contributed by atoms with E-state index in [1.165, 1.54) is 6.07 Å². The summed E-state index contributed by atoms with van der Waals surface area (Å²) in [5.74, 6) is 0.100. The fourth-order valence-electron chi connectivity index (χ4n) is 1.98. The lowest BCUT2D eigenvalue weighted by Gasteiger charge is -2.16. The average Bonchev–Trinajstić information content (AvgIpc) is 2.67. The van der Waals surface area contributed by atoms with Gasteiger partial charge in [-0.2, -0.15) is 0 Å². The van der Waals surface area contributed by atoms with Crippen molar-refractivity contribution >= 4 is 11.4 Å². The molecule has 1 aliphatic heterocycles. The number of anilines is 2. The van der Waals surface area contributed by atoms with Gasteiger partial charge in [0.2, 0.25) is 0 Å². The smallest absolute Gasteiger partial charge is 0.148 e. The van der Waals surface area contributed by atoms with Gasteiger partial charge in [-0.1, -0.05) is 6.07 Å². The van der Waals surface area contributed by atoms with Gasteiger partial charge in [-0.3, -0.25) is 0 Å².